The zero-order chi connectivity index (χ0) is 25.4. The van der Waals surface area contributed by atoms with Crippen molar-refractivity contribution >= 4 is 11.7 Å². The largest absolute Gasteiger partial charge is 0.386 e. The third kappa shape index (κ3) is 5.23. The maximum Gasteiger partial charge on any atom is 0.322 e. The molecule has 2 amide bonds. The number of nitrogens with zero attached hydrogens (tertiary/aromatic N) is 4. The summed E-state index contributed by atoms with van der Waals surface area (Å²) in [5.74, 6) is -4.12. The molecule has 0 saturated heterocycles. The van der Waals surface area contributed by atoms with E-state index in [1.54, 1.807) is 6.07 Å². The van der Waals surface area contributed by atoms with E-state index < -0.39 is 61.5 Å². The summed E-state index contributed by atoms with van der Waals surface area (Å²) in [6.45, 7) is -1.86. The van der Waals surface area contributed by atoms with Gasteiger partial charge in [-0.1, -0.05) is 0 Å². The molecule has 0 bridgehead atoms. The second kappa shape index (κ2) is 9.43. The van der Waals surface area contributed by atoms with Crippen molar-refractivity contribution < 1.29 is 36.6 Å². The number of amides is 2. The summed E-state index contributed by atoms with van der Waals surface area (Å²) in [6.07, 6.45) is -3.72. The van der Waals surface area contributed by atoms with Crippen molar-refractivity contribution in [2.24, 2.45) is 0 Å². The number of ether oxygens (including phenoxy) is 1. The summed E-state index contributed by atoms with van der Waals surface area (Å²) in [5.41, 5.74) is -1.80. The predicted octanol–water partition coefficient (Wildman–Crippen LogP) is 3.38. The maximum absolute atomic E-state index is 15.2. The van der Waals surface area contributed by atoms with Gasteiger partial charge in [0.25, 0.3) is 12.3 Å². The van der Waals surface area contributed by atoms with Gasteiger partial charge in [-0.15, -0.1) is 0 Å². The van der Waals surface area contributed by atoms with Crippen molar-refractivity contribution in [3.63, 3.8) is 0 Å². The fourth-order valence-corrected chi connectivity index (χ4v) is 4.34. The van der Waals surface area contributed by atoms with Crippen LogP contribution in [0.1, 0.15) is 35.4 Å². The molecule has 35 heavy (non-hydrogen) atoms. The minimum Gasteiger partial charge on any atom is -0.386 e. The number of rotatable bonds is 5. The van der Waals surface area contributed by atoms with Crippen molar-refractivity contribution in [2.75, 3.05) is 25.1 Å². The van der Waals surface area contributed by atoms with Gasteiger partial charge < -0.3 is 20.1 Å². The number of aromatic nitrogens is 2. The van der Waals surface area contributed by atoms with Crippen LogP contribution in [0.5, 0.6) is 0 Å². The Balaban J connectivity index is 1.54. The lowest BCUT2D eigenvalue weighted by Gasteiger charge is -2.28. The number of carbonyl (C=O) groups excluding carboxylic acids is 1. The van der Waals surface area contributed by atoms with Crippen LogP contribution in [0.25, 0.3) is 0 Å². The van der Waals surface area contributed by atoms with Crippen LogP contribution in [0.2, 0.25) is 0 Å². The normalized spacial score (nSPS) is 21.1. The Labute approximate surface area is 196 Å². The van der Waals surface area contributed by atoms with E-state index in [1.165, 1.54) is 17.0 Å². The summed E-state index contributed by atoms with van der Waals surface area (Å²) >= 11 is 0. The molecule has 2 N–H and O–H groups in total. The molecular weight excluding hydrogens is 477 g/mol. The number of anilines is 1. The zero-order valence-corrected chi connectivity index (χ0v) is 18.4. The first-order valence-corrected chi connectivity index (χ1v) is 10.8. The van der Waals surface area contributed by atoms with Gasteiger partial charge >= 0.3 is 6.03 Å². The molecule has 4 rings (SSSR count). The number of nitrogens with one attached hydrogen (secondary N) is 1. The molecule has 0 saturated carbocycles. The third-order valence-corrected chi connectivity index (χ3v) is 6.04. The van der Waals surface area contributed by atoms with Gasteiger partial charge in [-0.2, -0.15) is 19.1 Å². The van der Waals surface area contributed by atoms with Gasteiger partial charge in [-0.05, 0) is 24.6 Å². The summed E-state index contributed by atoms with van der Waals surface area (Å²) in [6, 6.07) is 4.53. The van der Waals surface area contributed by atoms with Crippen molar-refractivity contribution in [3.05, 3.63) is 46.5 Å². The van der Waals surface area contributed by atoms with E-state index in [2.05, 4.69) is 10.4 Å². The van der Waals surface area contributed by atoms with Gasteiger partial charge in [0.2, 0.25) is 0 Å². The number of alkyl halides is 4. The number of aliphatic hydroxyl groups is 1. The number of hydrogen-bond acceptors (Lipinski definition) is 5. The monoisotopic (exact) mass is 499 g/mol. The number of halogens is 5. The molecule has 1 aromatic carbocycles. The van der Waals surface area contributed by atoms with Crippen LogP contribution in [-0.2, 0) is 30.2 Å². The predicted molar refractivity (Wildman–Crippen MR) is 111 cm³/mol. The number of nitriles is 1. The number of benzene rings is 1. The maximum atomic E-state index is 15.2. The molecular formula is C22H22F5N5O3. The number of hydrogen-bond donors (Lipinski definition) is 2. The van der Waals surface area contributed by atoms with E-state index in [0.717, 1.165) is 10.7 Å². The van der Waals surface area contributed by atoms with Gasteiger partial charge in [-0.3, -0.25) is 4.68 Å². The fourth-order valence-electron chi connectivity index (χ4n) is 4.34. The highest BCUT2D eigenvalue weighted by molar-refractivity contribution is 5.89. The summed E-state index contributed by atoms with van der Waals surface area (Å²) < 4.78 is 74.4. The molecule has 2 aliphatic rings. The molecule has 0 unspecified atom stereocenters. The quantitative estimate of drug-likeness (QED) is 0.614. The highest BCUT2D eigenvalue weighted by Gasteiger charge is 2.47. The van der Waals surface area contributed by atoms with Crippen LogP contribution in [0, 0.1) is 17.1 Å². The molecule has 1 aromatic heterocycles. The second-order valence-electron chi connectivity index (χ2n) is 8.67. The molecule has 2 aliphatic heterocycles. The molecule has 0 aliphatic carbocycles. The van der Waals surface area contributed by atoms with Crippen molar-refractivity contribution in [1.29, 1.82) is 5.26 Å². The van der Waals surface area contributed by atoms with Gasteiger partial charge in [0.05, 0.1) is 31.0 Å². The van der Waals surface area contributed by atoms with E-state index in [1.807, 2.05) is 0 Å². The lowest BCUT2D eigenvalue weighted by atomic mass is 9.95. The smallest absolute Gasteiger partial charge is 0.322 e. The third-order valence-electron chi connectivity index (χ3n) is 6.04. The molecule has 3 heterocycles. The van der Waals surface area contributed by atoms with E-state index in [4.69, 9.17) is 10.00 Å². The van der Waals surface area contributed by atoms with Gasteiger partial charge in [0, 0.05) is 30.6 Å². The Morgan fingerprint density at radius 2 is 2.11 bits per heavy atom. The van der Waals surface area contributed by atoms with Crippen molar-refractivity contribution in [3.8, 4) is 6.07 Å². The molecule has 1 atom stereocenters. The van der Waals surface area contributed by atoms with Crippen molar-refractivity contribution in [2.45, 2.75) is 50.3 Å². The molecule has 13 heteroatoms. The standard InChI is InChI=1S/C22H22F5N5O3/c23-16-2-1-14(7-13(16)8-28)29-20(33)31-6-3-17-15(9-31)19-22(26,27)5-4-21(34,11-32(19)30-17)12-35-10-18(24)25/h1-2,7,18,34H,3-6,9-12H2,(H,29,33)/t21-/m0/s1. The van der Waals surface area contributed by atoms with Crippen LogP contribution in [0.3, 0.4) is 0 Å². The van der Waals surface area contributed by atoms with E-state index in [-0.39, 0.29) is 42.9 Å². The molecule has 0 fully saturated rings. The lowest BCUT2D eigenvalue weighted by Crippen LogP contribution is -2.39. The minimum absolute atomic E-state index is 0.158. The summed E-state index contributed by atoms with van der Waals surface area (Å²) in [4.78, 5) is 14.1. The topological polar surface area (TPSA) is 103 Å². The van der Waals surface area contributed by atoms with E-state index in [0.29, 0.717) is 5.69 Å². The Kier molecular flexibility index (Phi) is 6.70. The van der Waals surface area contributed by atoms with Crippen LogP contribution >= 0.6 is 0 Å². The first-order valence-electron chi connectivity index (χ1n) is 10.8. The fraction of sp³-hybridized carbons (Fsp3) is 0.500. The Morgan fingerprint density at radius 3 is 2.83 bits per heavy atom. The van der Waals surface area contributed by atoms with Crippen LogP contribution in [0.15, 0.2) is 18.2 Å². The average molecular weight is 499 g/mol. The number of carbonyl (C=O) groups is 1. The Morgan fingerprint density at radius 1 is 1.34 bits per heavy atom. The average Bonchev–Trinajstić information content (AvgIpc) is 3.11. The van der Waals surface area contributed by atoms with Gasteiger partial charge in [-0.25, -0.2) is 18.0 Å². The molecule has 0 spiro atoms. The second-order valence-corrected chi connectivity index (χ2v) is 8.67. The van der Waals surface area contributed by atoms with E-state index in [9.17, 15) is 23.1 Å². The van der Waals surface area contributed by atoms with Crippen LogP contribution < -0.4 is 5.32 Å². The summed E-state index contributed by atoms with van der Waals surface area (Å²) in [5, 5.41) is 26.5. The Hall–Kier alpha value is -3.24. The van der Waals surface area contributed by atoms with Crippen LogP contribution in [0.4, 0.5) is 32.4 Å². The van der Waals surface area contributed by atoms with Gasteiger partial charge in [0.15, 0.2) is 0 Å². The molecule has 188 valence electrons. The molecule has 2 aromatic rings. The van der Waals surface area contributed by atoms with E-state index >= 15 is 8.78 Å². The Bertz CT molecular complexity index is 1170. The first-order chi connectivity index (χ1) is 16.5. The first kappa shape index (κ1) is 24.9. The molecule has 8 nitrogen and oxygen atoms in total. The molecule has 0 radical (unpaired) electrons. The zero-order valence-electron chi connectivity index (χ0n) is 18.4. The SMILES string of the molecule is N#Cc1cc(NC(=O)N2CCc3nn4c(c3C2)C(F)(F)CC[C@@](O)(COCC(F)F)C4)ccc1F. The van der Waals surface area contributed by atoms with Crippen molar-refractivity contribution in [1.82, 2.24) is 14.7 Å². The summed E-state index contributed by atoms with van der Waals surface area (Å²) in [7, 11) is 0. The number of fused-ring (bicyclic) bond motifs is 3. The lowest BCUT2D eigenvalue weighted by molar-refractivity contribution is -0.0926. The highest BCUT2D eigenvalue weighted by atomic mass is 19.3. The number of urea groups is 1. The van der Waals surface area contributed by atoms with Gasteiger partial charge in [0.1, 0.15) is 29.8 Å². The highest BCUT2D eigenvalue weighted by Crippen LogP contribution is 2.42. The van der Waals surface area contributed by atoms with Crippen LogP contribution in [-0.4, -0.2) is 57.6 Å². The minimum atomic E-state index is -3.38.